The molecule has 3 nitrogen and oxygen atoms in total. The van der Waals surface area contributed by atoms with Gasteiger partial charge in [-0.15, -0.1) is 0 Å². The van der Waals surface area contributed by atoms with Crippen molar-refractivity contribution in [3.05, 3.63) is 108 Å². The van der Waals surface area contributed by atoms with E-state index in [0.29, 0.717) is 0 Å². The fourth-order valence-corrected chi connectivity index (χ4v) is 4.44. The molecule has 0 aliphatic heterocycles. The molecule has 0 aliphatic carbocycles. The fourth-order valence-electron chi connectivity index (χ4n) is 4.44. The smallest absolute Gasteiger partial charge is 0.308 e. The summed E-state index contributed by atoms with van der Waals surface area (Å²) in [6.45, 7) is 4.05. The highest BCUT2D eigenvalue weighted by molar-refractivity contribution is 6.13. The maximum absolute atomic E-state index is 13.0. The molecular formula is C29H24N2O. The van der Waals surface area contributed by atoms with Crippen LogP contribution in [0.3, 0.4) is 0 Å². The third-order valence-electron chi connectivity index (χ3n) is 5.72. The Morgan fingerprint density at radius 3 is 2.00 bits per heavy atom. The lowest BCUT2D eigenvalue weighted by atomic mass is 9.92. The number of carbonyl (C=O) groups is 1. The number of benzene rings is 5. The van der Waals surface area contributed by atoms with Gasteiger partial charge in [-0.2, -0.15) is 0 Å². The quantitative estimate of drug-likeness (QED) is 0.308. The van der Waals surface area contributed by atoms with Gasteiger partial charge in [0.05, 0.1) is 5.69 Å². The number of hydrogen-bond acceptors (Lipinski definition) is 1. The maximum atomic E-state index is 13.0. The average Bonchev–Trinajstić information content (AvgIpc) is 2.78. The molecule has 0 aromatic heterocycles. The highest BCUT2D eigenvalue weighted by Crippen LogP contribution is 2.39. The molecule has 0 saturated heterocycles. The van der Waals surface area contributed by atoms with E-state index in [1.165, 1.54) is 5.39 Å². The molecule has 0 atom stereocenters. The van der Waals surface area contributed by atoms with Crippen LogP contribution in [0.1, 0.15) is 11.1 Å². The number of nitrogens with one attached hydrogen (secondary N) is 2. The van der Waals surface area contributed by atoms with Crippen LogP contribution in [0, 0.1) is 13.8 Å². The molecule has 0 saturated carbocycles. The molecule has 5 aromatic carbocycles. The Balaban J connectivity index is 1.61. The van der Waals surface area contributed by atoms with Crippen LogP contribution in [0.2, 0.25) is 0 Å². The number of anilines is 2. The number of amides is 2. The van der Waals surface area contributed by atoms with E-state index in [-0.39, 0.29) is 6.03 Å². The predicted molar refractivity (Wildman–Crippen MR) is 135 cm³/mol. The standard InChI is InChI=1S/C29H24N2O/c1-19-16-20(2)18-23(17-19)30-29(32)31-27-15-14-22-9-4-6-12-25(22)28(27)26-13-7-10-21-8-3-5-11-24(21)26/h3-18H,1-2H3,(H2,30,31,32). The van der Waals surface area contributed by atoms with Crippen LogP contribution in [0.25, 0.3) is 32.7 Å². The largest absolute Gasteiger partial charge is 0.323 e. The minimum atomic E-state index is -0.258. The van der Waals surface area contributed by atoms with E-state index in [0.717, 1.165) is 49.8 Å². The topological polar surface area (TPSA) is 41.1 Å². The number of urea groups is 1. The number of hydrogen-bond donors (Lipinski definition) is 2. The Labute approximate surface area is 187 Å². The van der Waals surface area contributed by atoms with Crippen molar-refractivity contribution in [1.82, 2.24) is 0 Å². The van der Waals surface area contributed by atoms with E-state index >= 15 is 0 Å². The van der Waals surface area contributed by atoms with Gasteiger partial charge in [0.2, 0.25) is 0 Å². The molecule has 32 heavy (non-hydrogen) atoms. The lowest BCUT2D eigenvalue weighted by molar-refractivity contribution is 0.262. The summed E-state index contributed by atoms with van der Waals surface area (Å²) < 4.78 is 0. The summed E-state index contributed by atoms with van der Waals surface area (Å²) in [4.78, 5) is 13.0. The second-order valence-corrected chi connectivity index (χ2v) is 8.19. The second-order valence-electron chi connectivity index (χ2n) is 8.19. The molecule has 2 amide bonds. The normalized spacial score (nSPS) is 10.9. The highest BCUT2D eigenvalue weighted by atomic mass is 16.2. The summed E-state index contributed by atoms with van der Waals surface area (Å²) in [5.74, 6) is 0. The lowest BCUT2D eigenvalue weighted by Crippen LogP contribution is -2.20. The maximum Gasteiger partial charge on any atom is 0.323 e. The Morgan fingerprint density at radius 1 is 0.625 bits per heavy atom. The van der Waals surface area contributed by atoms with Gasteiger partial charge < -0.3 is 10.6 Å². The molecule has 0 radical (unpaired) electrons. The SMILES string of the molecule is Cc1cc(C)cc(NC(=O)Nc2ccc3ccccc3c2-c2cccc3ccccc23)c1. The van der Waals surface area contributed by atoms with Gasteiger partial charge in [0.1, 0.15) is 0 Å². The van der Waals surface area contributed by atoms with Crippen molar-refractivity contribution in [3.63, 3.8) is 0 Å². The Bertz CT molecular complexity index is 1440. The van der Waals surface area contributed by atoms with Crippen molar-refractivity contribution in [2.24, 2.45) is 0 Å². The second kappa shape index (κ2) is 8.20. The number of fused-ring (bicyclic) bond motifs is 2. The number of rotatable bonds is 3. The van der Waals surface area contributed by atoms with Crippen LogP contribution in [0.4, 0.5) is 16.2 Å². The van der Waals surface area contributed by atoms with Gasteiger partial charge in [0.25, 0.3) is 0 Å². The number of aryl methyl sites for hydroxylation is 2. The van der Waals surface area contributed by atoms with Gasteiger partial charge in [0.15, 0.2) is 0 Å². The Hall–Kier alpha value is -4.11. The van der Waals surface area contributed by atoms with E-state index < -0.39 is 0 Å². The molecule has 2 N–H and O–H groups in total. The first-order valence-electron chi connectivity index (χ1n) is 10.7. The Morgan fingerprint density at radius 2 is 1.25 bits per heavy atom. The minimum Gasteiger partial charge on any atom is -0.308 e. The van der Waals surface area contributed by atoms with Crippen LogP contribution >= 0.6 is 0 Å². The van der Waals surface area contributed by atoms with Crippen molar-refractivity contribution >= 4 is 39.0 Å². The summed E-state index contributed by atoms with van der Waals surface area (Å²) >= 11 is 0. The van der Waals surface area contributed by atoms with Crippen molar-refractivity contribution < 1.29 is 4.79 Å². The summed E-state index contributed by atoms with van der Waals surface area (Å²) in [7, 11) is 0. The molecule has 3 heteroatoms. The molecule has 0 heterocycles. The van der Waals surface area contributed by atoms with E-state index in [2.05, 4.69) is 71.3 Å². The van der Waals surface area contributed by atoms with Crippen LogP contribution in [0.5, 0.6) is 0 Å². The van der Waals surface area contributed by atoms with Crippen LogP contribution in [-0.4, -0.2) is 6.03 Å². The number of carbonyl (C=O) groups excluding carboxylic acids is 1. The van der Waals surface area contributed by atoms with Crippen molar-refractivity contribution in [2.45, 2.75) is 13.8 Å². The van der Waals surface area contributed by atoms with E-state index in [9.17, 15) is 4.79 Å². The zero-order chi connectivity index (χ0) is 22.1. The first-order chi connectivity index (χ1) is 15.6. The van der Waals surface area contributed by atoms with Gasteiger partial charge in [0, 0.05) is 11.3 Å². The summed E-state index contributed by atoms with van der Waals surface area (Å²) in [6, 6.07) is 32.7. The van der Waals surface area contributed by atoms with Crippen LogP contribution in [0.15, 0.2) is 97.1 Å². The fraction of sp³-hybridized carbons (Fsp3) is 0.0690. The first-order valence-corrected chi connectivity index (χ1v) is 10.7. The summed E-state index contributed by atoms with van der Waals surface area (Å²) in [5, 5.41) is 10.7. The van der Waals surface area contributed by atoms with Gasteiger partial charge in [-0.25, -0.2) is 4.79 Å². The molecule has 5 aromatic rings. The van der Waals surface area contributed by atoms with E-state index in [1.54, 1.807) is 0 Å². The molecule has 0 aliphatic rings. The Kier molecular flexibility index (Phi) is 5.08. The monoisotopic (exact) mass is 416 g/mol. The zero-order valence-corrected chi connectivity index (χ0v) is 18.1. The third kappa shape index (κ3) is 3.81. The van der Waals surface area contributed by atoms with Crippen molar-refractivity contribution in [2.75, 3.05) is 10.6 Å². The van der Waals surface area contributed by atoms with E-state index in [1.807, 2.05) is 50.2 Å². The molecule has 0 bridgehead atoms. The van der Waals surface area contributed by atoms with Crippen molar-refractivity contribution in [3.8, 4) is 11.1 Å². The first kappa shape index (κ1) is 19.8. The molecule has 0 spiro atoms. The van der Waals surface area contributed by atoms with Gasteiger partial charge >= 0.3 is 6.03 Å². The molecular weight excluding hydrogens is 392 g/mol. The van der Waals surface area contributed by atoms with E-state index in [4.69, 9.17) is 0 Å². The van der Waals surface area contributed by atoms with Gasteiger partial charge in [-0.1, -0.05) is 78.9 Å². The van der Waals surface area contributed by atoms with Crippen LogP contribution in [-0.2, 0) is 0 Å². The average molecular weight is 417 g/mol. The summed E-state index contributed by atoms with van der Waals surface area (Å²) in [6.07, 6.45) is 0. The summed E-state index contributed by atoms with van der Waals surface area (Å²) in [5.41, 5.74) is 5.91. The molecule has 5 rings (SSSR count). The highest BCUT2D eigenvalue weighted by Gasteiger charge is 2.15. The molecule has 0 fully saturated rings. The van der Waals surface area contributed by atoms with Crippen molar-refractivity contribution in [1.29, 1.82) is 0 Å². The predicted octanol–water partition coefficient (Wildman–Crippen LogP) is 7.92. The molecule has 0 unspecified atom stereocenters. The van der Waals surface area contributed by atoms with Gasteiger partial charge in [-0.05, 0) is 70.3 Å². The van der Waals surface area contributed by atoms with Crippen LogP contribution < -0.4 is 10.6 Å². The van der Waals surface area contributed by atoms with Gasteiger partial charge in [-0.3, -0.25) is 0 Å². The lowest BCUT2D eigenvalue weighted by Gasteiger charge is -2.17. The zero-order valence-electron chi connectivity index (χ0n) is 18.1. The third-order valence-corrected chi connectivity index (χ3v) is 5.72. The molecule has 156 valence electrons. The minimum absolute atomic E-state index is 0.258.